The first-order valence-electron chi connectivity index (χ1n) is 6.87. The fraction of sp³-hybridized carbons (Fsp3) is 0.533. The van der Waals surface area contributed by atoms with E-state index in [-0.39, 0.29) is 0 Å². The Hall–Kier alpha value is -1.24. The van der Waals surface area contributed by atoms with E-state index in [0.29, 0.717) is 22.7 Å². The number of hydrogen-bond donors (Lipinski definition) is 0. The maximum absolute atomic E-state index is 8.91. The Labute approximate surface area is 118 Å². The van der Waals surface area contributed by atoms with Crippen LogP contribution >= 0.6 is 11.6 Å². The van der Waals surface area contributed by atoms with Crippen molar-refractivity contribution in [2.75, 3.05) is 18.1 Å². The third-order valence-corrected chi connectivity index (χ3v) is 4.42. The largest absolute Gasteiger partial charge is 0.374 e. The molecule has 1 heterocycles. The molecule has 0 amide bonds. The third kappa shape index (κ3) is 2.43. The van der Waals surface area contributed by atoms with Gasteiger partial charge in [0, 0.05) is 6.54 Å². The van der Waals surface area contributed by atoms with Crippen molar-refractivity contribution in [3.8, 4) is 6.07 Å². The summed E-state index contributed by atoms with van der Waals surface area (Å²) < 4.78 is 5.88. The monoisotopic (exact) mass is 276 g/mol. The van der Waals surface area contributed by atoms with Crippen molar-refractivity contribution in [2.45, 2.75) is 37.8 Å². The standard InChI is InChI=1S/C15H17ClN2O/c16-12-9-11(10-17)5-6-13(12)18-7-8-19-15-4-2-1-3-14(15)18/h5-6,9,14-15H,1-4,7-8H2. The minimum Gasteiger partial charge on any atom is -0.374 e. The Bertz CT molecular complexity index is 509. The van der Waals surface area contributed by atoms with Gasteiger partial charge in [0.15, 0.2) is 0 Å². The molecular weight excluding hydrogens is 260 g/mol. The molecule has 1 aromatic carbocycles. The van der Waals surface area contributed by atoms with Crippen LogP contribution in [0.4, 0.5) is 5.69 Å². The summed E-state index contributed by atoms with van der Waals surface area (Å²) in [7, 11) is 0. The Kier molecular flexibility index (Phi) is 3.63. The molecule has 1 aliphatic carbocycles. The van der Waals surface area contributed by atoms with Crippen LogP contribution in [0.2, 0.25) is 5.02 Å². The lowest BCUT2D eigenvalue weighted by Gasteiger charge is -2.45. The van der Waals surface area contributed by atoms with Crippen LogP contribution in [0.3, 0.4) is 0 Å². The maximum Gasteiger partial charge on any atom is 0.0992 e. The average Bonchev–Trinajstić information content (AvgIpc) is 2.46. The fourth-order valence-corrected chi connectivity index (χ4v) is 3.49. The topological polar surface area (TPSA) is 36.3 Å². The molecule has 2 atom stereocenters. The molecular formula is C15H17ClN2O. The number of anilines is 1. The van der Waals surface area contributed by atoms with Crippen LogP contribution < -0.4 is 4.90 Å². The average molecular weight is 277 g/mol. The number of benzene rings is 1. The molecule has 0 radical (unpaired) electrons. The van der Waals surface area contributed by atoms with Crippen LogP contribution in [0.1, 0.15) is 31.2 Å². The molecule has 0 bridgehead atoms. The van der Waals surface area contributed by atoms with E-state index in [9.17, 15) is 0 Å². The van der Waals surface area contributed by atoms with Crippen LogP contribution in [-0.2, 0) is 4.74 Å². The molecule has 3 rings (SSSR count). The summed E-state index contributed by atoms with van der Waals surface area (Å²) in [5, 5.41) is 9.58. The molecule has 100 valence electrons. The first-order chi connectivity index (χ1) is 9.29. The lowest BCUT2D eigenvalue weighted by Crippen LogP contribution is -2.52. The van der Waals surface area contributed by atoms with Crippen LogP contribution in [0.15, 0.2) is 18.2 Å². The molecule has 3 nitrogen and oxygen atoms in total. The lowest BCUT2D eigenvalue weighted by molar-refractivity contribution is -0.00866. The van der Waals surface area contributed by atoms with Gasteiger partial charge in [-0.25, -0.2) is 0 Å². The number of halogens is 1. The van der Waals surface area contributed by atoms with Crippen molar-refractivity contribution >= 4 is 17.3 Å². The van der Waals surface area contributed by atoms with Gasteiger partial charge in [0.1, 0.15) is 0 Å². The first kappa shape index (κ1) is 12.8. The highest BCUT2D eigenvalue weighted by atomic mass is 35.5. The molecule has 4 heteroatoms. The summed E-state index contributed by atoms with van der Waals surface area (Å²) in [5.74, 6) is 0. The Morgan fingerprint density at radius 2 is 2.16 bits per heavy atom. The lowest BCUT2D eigenvalue weighted by atomic mass is 9.89. The zero-order chi connectivity index (χ0) is 13.2. The molecule has 0 N–H and O–H groups in total. The van der Waals surface area contributed by atoms with Gasteiger partial charge in [-0.05, 0) is 31.0 Å². The van der Waals surface area contributed by atoms with Crippen LogP contribution in [-0.4, -0.2) is 25.3 Å². The van der Waals surface area contributed by atoms with E-state index in [0.717, 1.165) is 25.3 Å². The van der Waals surface area contributed by atoms with Crippen LogP contribution in [0.5, 0.6) is 0 Å². The van der Waals surface area contributed by atoms with E-state index < -0.39 is 0 Å². The van der Waals surface area contributed by atoms with Crippen LogP contribution in [0.25, 0.3) is 0 Å². The number of nitrogens with zero attached hydrogens (tertiary/aromatic N) is 2. The minimum atomic E-state index is 0.342. The second kappa shape index (κ2) is 5.40. The molecule has 0 aromatic heterocycles. The number of nitriles is 1. The highest BCUT2D eigenvalue weighted by Gasteiger charge is 2.34. The maximum atomic E-state index is 8.91. The summed E-state index contributed by atoms with van der Waals surface area (Å²) in [4.78, 5) is 2.37. The summed E-state index contributed by atoms with van der Waals surface area (Å²) in [5.41, 5.74) is 1.66. The second-order valence-corrected chi connectivity index (χ2v) is 5.64. The van der Waals surface area contributed by atoms with Gasteiger partial charge < -0.3 is 9.64 Å². The zero-order valence-electron chi connectivity index (χ0n) is 10.8. The fourth-order valence-electron chi connectivity index (χ4n) is 3.20. The molecule has 2 unspecified atom stereocenters. The van der Waals surface area contributed by atoms with Crippen molar-refractivity contribution < 1.29 is 4.74 Å². The zero-order valence-corrected chi connectivity index (χ0v) is 11.6. The number of ether oxygens (including phenoxy) is 1. The number of morpholine rings is 1. The van der Waals surface area contributed by atoms with E-state index in [1.807, 2.05) is 12.1 Å². The number of fused-ring (bicyclic) bond motifs is 1. The van der Waals surface area contributed by atoms with Crippen molar-refractivity contribution in [1.82, 2.24) is 0 Å². The van der Waals surface area contributed by atoms with Gasteiger partial charge >= 0.3 is 0 Å². The second-order valence-electron chi connectivity index (χ2n) is 5.23. The quantitative estimate of drug-likeness (QED) is 0.789. The van der Waals surface area contributed by atoms with E-state index >= 15 is 0 Å². The van der Waals surface area contributed by atoms with Gasteiger partial charge in [0.05, 0.1) is 41.1 Å². The molecule has 1 aromatic rings. The molecule has 2 fully saturated rings. The molecule has 0 spiro atoms. The van der Waals surface area contributed by atoms with Crippen molar-refractivity contribution in [2.24, 2.45) is 0 Å². The minimum absolute atomic E-state index is 0.342. The van der Waals surface area contributed by atoms with Crippen molar-refractivity contribution in [3.63, 3.8) is 0 Å². The Balaban J connectivity index is 1.90. The van der Waals surface area contributed by atoms with Gasteiger partial charge in [-0.3, -0.25) is 0 Å². The Morgan fingerprint density at radius 3 is 2.95 bits per heavy atom. The van der Waals surface area contributed by atoms with Crippen LogP contribution in [0, 0.1) is 11.3 Å². The SMILES string of the molecule is N#Cc1ccc(N2CCOC3CCCCC32)c(Cl)c1. The van der Waals surface area contributed by atoms with Crippen molar-refractivity contribution in [3.05, 3.63) is 28.8 Å². The summed E-state index contributed by atoms with van der Waals surface area (Å²) in [6.45, 7) is 1.64. The predicted octanol–water partition coefficient (Wildman–Crippen LogP) is 3.36. The van der Waals surface area contributed by atoms with E-state index in [1.54, 1.807) is 6.07 Å². The summed E-state index contributed by atoms with van der Waals surface area (Å²) in [6, 6.07) is 8.13. The molecule has 1 saturated heterocycles. The van der Waals surface area contributed by atoms with Gasteiger partial charge in [-0.15, -0.1) is 0 Å². The molecule has 1 aliphatic heterocycles. The normalized spacial score (nSPS) is 26.6. The Morgan fingerprint density at radius 1 is 1.32 bits per heavy atom. The molecule has 19 heavy (non-hydrogen) atoms. The van der Waals surface area contributed by atoms with E-state index in [1.165, 1.54) is 19.3 Å². The highest BCUT2D eigenvalue weighted by molar-refractivity contribution is 6.33. The van der Waals surface area contributed by atoms with E-state index in [4.69, 9.17) is 21.6 Å². The van der Waals surface area contributed by atoms with Gasteiger partial charge in [0.2, 0.25) is 0 Å². The van der Waals surface area contributed by atoms with Gasteiger partial charge in [-0.1, -0.05) is 24.4 Å². The third-order valence-electron chi connectivity index (χ3n) is 4.12. The molecule has 1 saturated carbocycles. The predicted molar refractivity (Wildman–Crippen MR) is 75.5 cm³/mol. The summed E-state index contributed by atoms with van der Waals surface area (Å²) >= 11 is 6.34. The number of hydrogen-bond acceptors (Lipinski definition) is 3. The van der Waals surface area contributed by atoms with Gasteiger partial charge in [-0.2, -0.15) is 5.26 Å². The van der Waals surface area contributed by atoms with Crippen molar-refractivity contribution in [1.29, 1.82) is 5.26 Å². The van der Waals surface area contributed by atoms with Gasteiger partial charge in [0.25, 0.3) is 0 Å². The highest BCUT2D eigenvalue weighted by Crippen LogP contribution is 2.35. The summed E-state index contributed by atoms with van der Waals surface area (Å²) in [6.07, 6.45) is 5.18. The molecule has 2 aliphatic rings. The smallest absolute Gasteiger partial charge is 0.0992 e. The first-order valence-corrected chi connectivity index (χ1v) is 7.25. The van der Waals surface area contributed by atoms with E-state index in [2.05, 4.69) is 11.0 Å². The number of rotatable bonds is 1.